The Morgan fingerprint density at radius 3 is 2.63 bits per heavy atom. The van der Waals surface area contributed by atoms with Gasteiger partial charge in [-0.2, -0.15) is 0 Å². The third kappa shape index (κ3) is 2.51. The molecule has 3 saturated carbocycles. The van der Waals surface area contributed by atoms with E-state index in [9.17, 15) is 14.7 Å². The summed E-state index contributed by atoms with van der Waals surface area (Å²) in [5, 5.41) is 11.5. The Morgan fingerprint density at radius 1 is 1.13 bits per heavy atom. The van der Waals surface area contributed by atoms with Crippen LogP contribution in [0.1, 0.15) is 65.7 Å². The van der Waals surface area contributed by atoms with E-state index < -0.39 is 23.1 Å². The molecule has 4 fully saturated rings. The number of aliphatic hydroxyl groups excluding tert-OH is 1. The van der Waals surface area contributed by atoms with Gasteiger partial charge in [0.1, 0.15) is 12.2 Å². The van der Waals surface area contributed by atoms with E-state index in [0.29, 0.717) is 31.1 Å². The molecule has 0 aromatic heterocycles. The molecule has 0 aromatic carbocycles. The molecule has 1 unspecified atom stereocenters. The summed E-state index contributed by atoms with van der Waals surface area (Å²) in [5.41, 5.74) is -0.349. The Kier molecular flexibility index (Phi) is 4.49. The van der Waals surface area contributed by atoms with E-state index in [2.05, 4.69) is 13.8 Å². The number of rotatable bonds is 1. The van der Waals surface area contributed by atoms with E-state index >= 15 is 0 Å². The number of carbonyl (C=O) groups excluding carboxylic acids is 2. The fraction of sp³-hybridized carbons (Fsp3) is 0.833. The van der Waals surface area contributed by atoms with Gasteiger partial charge in [0.2, 0.25) is 0 Å². The Labute approximate surface area is 178 Å². The van der Waals surface area contributed by atoms with Gasteiger partial charge < -0.3 is 19.3 Å². The molecule has 0 aromatic rings. The van der Waals surface area contributed by atoms with Crippen molar-refractivity contribution < 1.29 is 28.9 Å². The molecule has 1 N–H and O–H groups in total. The highest BCUT2D eigenvalue weighted by Crippen LogP contribution is 2.69. The van der Waals surface area contributed by atoms with Gasteiger partial charge in [0.25, 0.3) is 5.97 Å². The zero-order chi connectivity index (χ0) is 21.5. The lowest BCUT2D eigenvalue weighted by atomic mass is 9.45. The number of ether oxygens (including phenoxy) is 3. The summed E-state index contributed by atoms with van der Waals surface area (Å²) in [6.07, 6.45) is 6.64. The topological polar surface area (TPSA) is 82.1 Å². The molecule has 5 aliphatic rings. The van der Waals surface area contributed by atoms with Crippen LogP contribution < -0.4 is 0 Å². The first-order chi connectivity index (χ1) is 14.1. The van der Waals surface area contributed by atoms with Gasteiger partial charge in [0.05, 0.1) is 6.10 Å². The standard InChI is InChI=1S/C24H34O6/c1-21-9-7-15(25)11-14(21)5-6-16-17-8-10-24(22(17,2)12-18(26)20(16)21)19(27)13-29-23(3,28-4)30-24/h11,16-18,20,26H,5-10,12-13H2,1-4H3/t16-,17-,18-,20-,21-,22-,23?,24-/m0/s1. The number of aliphatic hydroxyl groups is 1. The van der Waals surface area contributed by atoms with Crippen LogP contribution in [0.3, 0.4) is 0 Å². The molecule has 0 radical (unpaired) electrons. The van der Waals surface area contributed by atoms with Crippen molar-refractivity contribution in [2.45, 2.75) is 83.4 Å². The van der Waals surface area contributed by atoms with Crippen LogP contribution in [0.5, 0.6) is 0 Å². The molecular weight excluding hydrogens is 384 g/mol. The molecule has 0 bridgehead atoms. The lowest BCUT2D eigenvalue weighted by molar-refractivity contribution is -0.415. The van der Waals surface area contributed by atoms with E-state index in [-0.39, 0.29) is 29.5 Å². The molecule has 5 rings (SSSR count). The van der Waals surface area contributed by atoms with Crippen LogP contribution in [0.25, 0.3) is 0 Å². The minimum absolute atomic E-state index is 0.0243. The van der Waals surface area contributed by atoms with E-state index in [0.717, 1.165) is 25.7 Å². The first kappa shape index (κ1) is 20.8. The van der Waals surface area contributed by atoms with Crippen LogP contribution in [-0.4, -0.2) is 48.1 Å². The second-order valence-electron chi connectivity index (χ2n) is 10.8. The summed E-state index contributed by atoms with van der Waals surface area (Å²) < 4.78 is 17.4. The Bertz CT molecular complexity index is 821. The number of carbonyl (C=O) groups is 2. The van der Waals surface area contributed by atoms with Crippen molar-refractivity contribution in [3.8, 4) is 0 Å². The molecule has 1 heterocycles. The van der Waals surface area contributed by atoms with Crippen LogP contribution in [0, 0.1) is 28.6 Å². The number of hydrogen-bond donors (Lipinski definition) is 1. The first-order valence-electron chi connectivity index (χ1n) is 11.4. The van der Waals surface area contributed by atoms with E-state index in [1.165, 1.54) is 12.7 Å². The summed E-state index contributed by atoms with van der Waals surface area (Å²) in [6, 6.07) is 0. The second-order valence-corrected chi connectivity index (χ2v) is 10.8. The third-order valence-electron chi connectivity index (χ3n) is 9.66. The average molecular weight is 419 g/mol. The maximum atomic E-state index is 13.2. The fourth-order valence-electron chi connectivity index (χ4n) is 8.12. The molecule has 8 atom stereocenters. The van der Waals surface area contributed by atoms with Crippen molar-refractivity contribution in [3.63, 3.8) is 0 Å². The number of hydrogen-bond acceptors (Lipinski definition) is 6. The van der Waals surface area contributed by atoms with Crippen molar-refractivity contribution in [1.29, 1.82) is 0 Å². The monoisotopic (exact) mass is 418 g/mol. The zero-order valence-corrected chi connectivity index (χ0v) is 18.5. The molecule has 0 amide bonds. The largest absolute Gasteiger partial charge is 0.393 e. The molecule has 166 valence electrons. The number of methoxy groups -OCH3 is 1. The molecule has 6 nitrogen and oxygen atoms in total. The van der Waals surface area contributed by atoms with Gasteiger partial charge in [-0.15, -0.1) is 0 Å². The molecule has 4 aliphatic carbocycles. The van der Waals surface area contributed by atoms with Crippen molar-refractivity contribution in [2.24, 2.45) is 28.6 Å². The van der Waals surface area contributed by atoms with Gasteiger partial charge in [-0.3, -0.25) is 9.59 Å². The fourth-order valence-corrected chi connectivity index (χ4v) is 8.12. The van der Waals surface area contributed by atoms with Crippen molar-refractivity contribution in [1.82, 2.24) is 0 Å². The van der Waals surface area contributed by atoms with Gasteiger partial charge in [-0.05, 0) is 67.8 Å². The Hall–Kier alpha value is -1.08. The highest BCUT2D eigenvalue weighted by molar-refractivity contribution is 5.92. The van der Waals surface area contributed by atoms with E-state index in [4.69, 9.17) is 14.2 Å². The third-order valence-corrected chi connectivity index (χ3v) is 9.66. The summed E-state index contributed by atoms with van der Waals surface area (Å²) in [7, 11) is 1.53. The highest BCUT2D eigenvalue weighted by atomic mass is 16.9. The highest BCUT2D eigenvalue weighted by Gasteiger charge is 2.71. The second kappa shape index (κ2) is 6.47. The van der Waals surface area contributed by atoms with Crippen LogP contribution in [0.2, 0.25) is 0 Å². The van der Waals surface area contributed by atoms with Crippen LogP contribution in [-0.2, 0) is 23.8 Å². The lowest BCUT2D eigenvalue weighted by Gasteiger charge is -2.61. The van der Waals surface area contributed by atoms with Crippen molar-refractivity contribution >= 4 is 11.6 Å². The first-order valence-corrected chi connectivity index (χ1v) is 11.4. The van der Waals surface area contributed by atoms with Crippen molar-refractivity contribution in [2.75, 3.05) is 13.7 Å². The molecule has 30 heavy (non-hydrogen) atoms. The normalized spacial score (nSPS) is 53.2. The SMILES string of the molecule is COC1(C)OCC(=O)[C@]2(CC[C@H]3[C@@H]4CCC5=CC(=O)CC[C@]5(C)[C@@H]4[C@@H](O)C[C@@]32C)O1. The molecule has 6 heteroatoms. The molecule has 1 spiro atoms. The van der Waals surface area contributed by atoms with Gasteiger partial charge in [0.15, 0.2) is 11.6 Å². The van der Waals surface area contributed by atoms with E-state index in [1.54, 1.807) is 6.92 Å². The number of Topliss-reactive ketones (excluding diaryl/α,β-unsaturated/α-hetero) is 1. The average Bonchev–Trinajstić information content (AvgIpc) is 2.98. The summed E-state index contributed by atoms with van der Waals surface area (Å²) >= 11 is 0. The predicted octanol–water partition coefficient (Wildman–Crippen LogP) is 3.16. The van der Waals surface area contributed by atoms with Crippen LogP contribution >= 0.6 is 0 Å². The lowest BCUT2D eigenvalue weighted by Crippen LogP contribution is -2.67. The quantitative estimate of drug-likeness (QED) is 0.704. The van der Waals surface area contributed by atoms with Gasteiger partial charge in [0, 0.05) is 25.9 Å². The predicted molar refractivity (Wildman–Crippen MR) is 108 cm³/mol. The summed E-state index contributed by atoms with van der Waals surface area (Å²) in [4.78, 5) is 25.3. The summed E-state index contributed by atoms with van der Waals surface area (Å²) in [5.74, 6) is -0.310. The van der Waals surface area contributed by atoms with Crippen molar-refractivity contribution in [3.05, 3.63) is 11.6 Å². The number of fused-ring (bicyclic) bond motifs is 6. The summed E-state index contributed by atoms with van der Waals surface area (Å²) in [6.45, 7) is 6.08. The maximum absolute atomic E-state index is 13.2. The number of allylic oxidation sites excluding steroid dienone is 1. The van der Waals surface area contributed by atoms with E-state index in [1.807, 2.05) is 6.08 Å². The minimum atomic E-state index is -1.24. The Morgan fingerprint density at radius 2 is 1.90 bits per heavy atom. The van der Waals surface area contributed by atoms with Crippen LogP contribution in [0.15, 0.2) is 11.6 Å². The zero-order valence-electron chi connectivity index (χ0n) is 18.5. The smallest absolute Gasteiger partial charge is 0.281 e. The van der Waals surface area contributed by atoms with Gasteiger partial charge in [-0.25, -0.2) is 0 Å². The molecule has 1 saturated heterocycles. The molecule has 1 aliphatic heterocycles. The van der Waals surface area contributed by atoms with Crippen LogP contribution in [0.4, 0.5) is 0 Å². The number of ketones is 2. The minimum Gasteiger partial charge on any atom is -0.393 e. The molecular formula is C24H34O6. The van der Waals surface area contributed by atoms with Gasteiger partial charge >= 0.3 is 0 Å². The Balaban J connectivity index is 1.54. The maximum Gasteiger partial charge on any atom is 0.281 e. The van der Waals surface area contributed by atoms with Gasteiger partial charge in [-0.1, -0.05) is 19.4 Å².